The summed E-state index contributed by atoms with van der Waals surface area (Å²) >= 11 is 0. The van der Waals surface area contributed by atoms with Gasteiger partial charge in [-0.2, -0.15) is 23.7 Å². The number of rotatable bonds is 3. The van der Waals surface area contributed by atoms with Gasteiger partial charge in [-0.25, -0.2) is 0 Å². The minimum absolute atomic E-state index is 0.0629. The van der Waals surface area contributed by atoms with Gasteiger partial charge in [0, 0.05) is 17.5 Å². The number of ketones is 1. The average Bonchev–Trinajstić information content (AvgIpc) is 3.22. The summed E-state index contributed by atoms with van der Waals surface area (Å²) in [5.41, 5.74) is -0.864. The first-order chi connectivity index (χ1) is 18.7. The maximum atomic E-state index is 14.9. The quantitative estimate of drug-likeness (QED) is 0.430. The molecule has 5 fully saturated rings. The van der Waals surface area contributed by atoms with Crippen LogP contribution in [0.15, 0.2) is 54.7 Å². The smallest absolute Gasteiger partial charge is 0.357 e. The minimum Gasteiger partial charge on any atom is -0.357 e. The molecule has 4 bridgehead atoms. The molecule has 2 aliphatic heterocycles. The van der Waals surface area contributed by atoms with E-state index in [-0.39, 0.29) is 5.78 Å². The lowest BCUT2D eigenvalue weighted by atomic mass is 9.47. The van der Waals surface area contributed by atoms with Crippen molar-refractivity contribution in [1.29, 1.82) is 10.5 Å². The fourth-order valence-corrected chi connectivity index (χ4v) is 9.27. The van der Waals surface area contributed by atoms with Crippen LogP contribution in [0.2, 0.25) is 0 Å². The van der Waals surface area contributed by atoms with Crippen LogP contribution in [0.5, 0.6) is 0 Å². The van der Waals surface area contributed by atoms with Gasteiger partial charge in [-0.05, 0) is 91.2 Å². The molecule has 39 heavy (non-hydrogen) atoms. The first-order valence-electron chi connectivity index (χ1n) is 13.8. The second-order valence-electron chi connectivity index (χ2n) is 12.5. The molecule has 4 saturated carbocycles. The molecule has 7 heteroatoms. The largest absolute Gasteiger partial charge is 0.416 e. The van der Waals surface area contributed by atoms with Crippen molar-refractivity contribution in [3.8, 4) is 12.1 Å². The zero-order chi connectivity index (χ0) is 27.2. The molecule has 3 atom stereocenters. The van der Waals surface area contributed by atoms with E-state index in [1.54, 1.807) is 0 Å². The molecule has 0 spiro atoms. The summed E-state index contributed by atoms with van der Waals surface area (Å²) in [4.78, 5) is 16.8. The Balaban J connectivity index is 1.41. The number of halogens is 3. The molecule has 198 valence electrons. The molecule has 2 aromatic carbocycles. The molecule has 0 amide bonds. The van der Waals surface area contributed by atoms with Gasteiger partial charge in [0.05, 0.1) is 29.8 Å². The van der Waals surface area contributed by atoms with E-state index in [0.717, 1.165) is 42.5 Å². The number of alkyl halides is 3. The molecular weight excluding hydrogens is 499 g/mol. The highest BCUT2D eigenvalue weighted by Crippen LogP contribution is 2.65. The Hall–Kier alpha value is -3.58. The van der Waals surface area contributed by atoms with Gasteiger partial charge in [0.1, 0.15) is 0 Å². The summed E-state index contributed by atoms with van der Waals surface area (Å²) in [7, 11) is 0. The lowest BCUT2D eigenvalue weighted by Gasteiger charge is -2.57. The van der Waals surface area contributed by atoms with Gasteiger partial charge >= 0.3 is 6.18 Å². The molecule has 0 unspecified atom stereocenters. The van der Waals surface area contributed by atoms with Crippen LogP contribution in [-0.2, 0) is 11.0 Å². The molecule has 4 nitrogen and oxygen atoms in total. The van der Waals surface area contributed by atoms with E-state index in [9.17, 15) is 28.5 Å². The summed E-state index contributed by atoms with van der Waals surface area (Å²) in [6.45, 7) is 0. The number of carbonyl (C=O) groups is 1. The normalized spacial score (nSPS) is 35.2. The van der Waals surface area contributed by atoms with Crippen LogP contribution in [0, 0.1) is 51.2 Å². The fraction of sp³-hybridized carbons (Fsp3) is 0.469. The number of hydrogen-bond donors (Lipinski definition) is 0. The number of fused-ring (bicyclic) bond motifs is 3. The van der Waals surface area contributed by atoms with Gasteiger partial charge in [-0.15, -0.1) is 0 Å². The van der Waals surface area contributed by atoms with Crippen LogP contribution in [0.25, 0.3) is 6.08 Å². The third-order valence-electron chi connectivity index (χ3n) is 10.4. The summed E-state index contributed by atoms with van der Waals surface area (Å²) in [6.07, 6.45) is 5.24. The van der Waals surface area contributed by atoms with Gasteiger partial charge in [0.2, 0.25) is 0 Å². The van der Waals surface area contributed by atoms with Crippen molar-refractivity contribution in [1.82, 2.24) is 4.90 Å². The summed E-state index contributed by atoms with van der Waals surface area (Å²) < 4.78 is 40.3. The van der Waals surface area contributed by atoms with E-state index in [1.165, 1.54) is 31.4 Å². The monoisotopic (exact) mass is 527 g/mol. The summed E-state index contributed by atoms with van der Waals surface area (Å²) in [5.74, 6) is 0.743. The Kier molecular flexibility index (Phi) is 5.15. The highest BCUT2D eigenvalue weighted by molar-refractivity contribution is 5.93. The number of benzene rings is 2. The number of hydrogen-bond acceptors (Lipinski definition) is 4. The van der Waals surface area contributed by atoms with Crippen molar-refractivity contribution in [2.75, 3.05) is 0 Å². The summed E-state index contributed by atoms with van der Waals surface area (Å²) in [6, 6.07) is 15.4. The minimum atomic E-state index is -4.51. The number of nitriles is 2. The van der Waals surface area contributed by atoms with Crippen molar-refractivity contribution in [3.63, 3.8) is 0 Å². The number of carbonyl (C=O) groups excluding carboxylic acids is 1. The molecule has 0 aromatic heterocycles. The molecule has 2 aromatic rings. The van der Waals surface area contributed by atoms with Crippen LogP contribution in [0.1, 0.15) is 72.7 Å². The van der Waals surface area contributed by atoms with Gasteiger partial charge in [0.15, 0.2) is 11.2 Å². The van der Waals surface area contributed by atoms with Crippen LogP contribution < -0.4 is 0 Å². The third-order valence-corrected chi connectivity index (χ3v) is 10.4. The van der Waals surface area contributed by atoms with Crippen LogP contribution >= 0.6 is 0 Å². The third kappa shape index (κ3) is 3.38. The van der Waals surface area contributed by atoms with Gasteiger partial charge in [0.25, 0.3) is 0 Å². The van der Waals surface area contributed by atoms with Gasteiger partial charge < -0.3 is 4.90 Å². The van der Waals surface area contributed by atoms with Gasteiger partial charge in [-0.1, -0.05) is 36.4 Å². The van der Waals surface area contributed by atoms with E-state index in [2.05, 4.69) is 12.1 Å². The molecular formula is C32H28F3N3O. The summed E-state index contributed by atoms with van der Waals surface area (Å²) in [5, 5.41) is 21.4. The van der Waals surface area contributed by atoms with E-state index < -0.39 is 40.6 Å². The SMILES string of the molecule is N#CC1(C#N)[C@@H]2c3ccccc3C=CN2[C@@H](C(=O)C23CC4CC(CC(C4)C2)C3)[C@@H]1c1ccc(C(F)(F)F)cc1. The Bertz CT molecular complexity index is 1410. The molecule has 4 aliphatic carbocycles. The first-order valence-corrected chi connectivity index (χ1v) is 13.8. The van der Waals surface area contributed by atoms with E-state index >= 15 is 0 Å². The van der Waals surface area contributed by atoms with E-state index in [0.29, 0.717) is 23.3 Å². The highest BCUT2D eigenvalue weighted by Gasteiger charge is 2.67. The number of nitrogens with zero attached hydrogens (tertiary/aromatic N) is 3. The second-order valence-corrected chi connectivity index (χ2v) is 12.5. The lowest BCUT2D eigenvalue weighted by Crippen LogP contribution is -2.55. The maximum Gasteiger partial charge on any atom is 0.416 e. The number of Topliss-reactive ketones (excluding diaryl/α,β-unsaturated/α-hetero) is 1. The second kappa shape index (κ2) is 8.21. The Morgan fingerprint density at radius 3 is 2.05 bits per heavy atom. The molecule has 0 N–H and O–H groups in total. The molecule has 0 radical (unpaired) electrons. The zero-order valence-corrected chi connectivity index (χ0v) is 21.4. The lowest BCUT2D eigenvalue weighted by molar-refractivity contribution is -0.148. The van der Waals surface area contributed by atoms with E-state index in [1.807, 2.05) is 41.4 Å². The Labute approximate surface area is 225 Å². The van der Waals surface area contributed by atoms with E-state index in [4.69, 9.17) is 0 Å². The van der Waals surface area contributed by atoms with Crippen molar-refractivity contribution in [2.24, 2.45) is 28.6 Å². The fourth-order valence-electron chi connectivity index (χ4n) is 9.27. The zero-order valence-electron chi connectivity index (χ0n) is 21.4. The van der Waals surface area contributed by atoms with Crippen LogP contribution in [0.4, 0.5) is 13.2 Å². The molecule has 2 heterocycles. The predicted molar refractivity (Wildman–Crippen MR) is 137 cm³/mol. The first kappa shape index (κ1) is 24.5. The maximum absolute atomic E-state index is 14.9. The van der Waals surface area contributed by atoms with Crippen molar-refractivity contribution in [3.05, 3.63) is 77.0 Å². The molecule has 1 saturated heterocycles. The highest BCUT2D eigenvalue weighted by atomic mass is 19.4. The average molecular weight is 528 g/mol. The topological polar surface area (TPSA) is 67.9 Å². The van der Waals surface area contributed by atoms with Gasteiger partial charge in [-0.3, -0.25) is 4.79 Å². The van der Waals surface area contributed by atoms with Crippen molar-refractivity contribution < 1.29 is 18.0 Å². The Morgan fingerprint density at radius 1 is 0.897 bits per heavy atom. The van der Waals surface area contributed by atoms with Crippen LogP contribution in [0.3, 0.4) is 0 Å². The van der Waals surface area contributed by atoms with Crippen molar-refractivity contribution >= 4 is 11.9 Å². The standard InChI is InChI=1S/C32H28F3N3O/c33-32(34,35)24-7-5-23(6-8-24)26-27(29(39)30-14-19-11-20(15-30)13-21(12-19)16-30)38-10-9-22-3-1-2-4-25(22)28(38)31(26,17-36)18-37/h1-10,19-21,26-28H,11-16H2/t19?,20?,21?,26-,27+,28-,30?/m0/s1. The Morgan fingerprint density at radius 2 is 1.49 bits per heavy atom. The molecule has 8 rings (SSSR count). The molecule has 6 aliphatic rings. The van der Waals surface area contributed by atoms with Crippen molar-refractivity contribution in [2.45, 2.75) is 62.7 Å². The van der Waals surface area contributed by atoms with Crippen LogP contribution in [-0.4, -0.2) is 16.7 Å². The predicted octanol–water partition coefficient (Wildman–Crippen LogP) is 7.02.